The van der Waals surface area contributed by atoms with Gasteiger partial charge in [0.1, 0.15) is 0 Å². The predicted octanol–water partition coefficient (Wildman–Crippen LogP) is 20.5. The molecular weight excluding hydrogens is 1070 g/mol. The van der Waals surface area contributed by atoms with Gasteiger partial charge in [-0.2, -0.15) is 0 Å². The smallest absolute Gasteiger partial charge is 0.303 e. The van der Waals surface area contributed by atoms with Crippen molar-refractivity contribution >= 4 is 74.4 Å². The number of hydrogen-bond acceptors (Lipinski definition) is 6. The predicted molar refractivity (Wildman–Crippen MR) is 355 cm³/mol. The summed E-state index contributed by atoms with van der Waals surface area (Å²) in [6.45, 7) is 10.4. The van der Waals surface area contributed by atoms with Gasteiger partial charge >= 0.3 is 17.9 Å². The largest absolute Gasteiger partial charge is 0.481 e. The SMILES string of the molecule is CCCCCCCCC/C=C\c1cc2ccccc2n1C(=O)CCCC(=O)O.CCCCCCCCCCCc1cc2ccccc2n1C(=O)CC(C)(C)CC(=O)O.CCCCCCCCCCCc1cc2ccccc2n1C(=O)CCCC(=O)O. The lowest BCUT2D eigenvalue weighted by molar-refractivity contribution is -0.139. The Kier molecular flexibility index (Phi) is 34.7. The molecule has 0 spiro atoms. The summed E-state index contributed by atoms with van der Waals surface area (Å²) >= 11 is 0. The maximum absolute atomic E-state index is 13.2. The molecule has 3 N–H and O–H groups in total. The van der Waals surface area contributed by atoms with E-state index in [1.54, 1.807) is 4.57 Å². The molecule has 0 unspecified atom stereocenters. The number of benzene rings is 3. The number of carbonyl (C=O) groups excluding carboxylic acids is 3. The molecule has 0 aliphatic carbocycles. The summed E-state index contributed by atoms with van der Waals surface area (Å²) in [5, 5.41) is 30.0. The number of fused-ring (bicyclic) bond motifs is 3. The monoisotopic (exact) mass is 1180 g/mol. The van der Waals surface area contributed by atoms with Crippen molar-refractivity contribution in [1.29, 1.82) is 0 Å². The second kappa shape index (κ2) is 41.5. The number of aliphatic carboxylic acids is 3. The van der Waals surface area contributed by atoms with Crippen LogP contribution in [0, 0.1) is 5.41 Å². The molecule has 0 amide bonds. The topological polar surface area (TPSA) is 178 Å². The van der Waals surface area contributed by atoms with Gasteiger partial charge in [0, 0.05) is 65.3 Å². The quantitative estimate of drug-likeness (QED) is 0.0315. The van der Waals surface area contributed by atoms with Crippen LogP contribution < -0.4 is 0 Å². The van der Waals surface area contributed by atoms with E-state index in [0.717, 1.165) is 81.9 Å². The van der Waals surface area contributed by atoms with Crippen molar-refractivity contribution in [3.63, 3.8) is 0 Å². The Hall–Kier alpha value is -6.56. The van der Waals surface area contributed by atoms with Crippen LogP contribution in [0.2, 0.25) is 0 Å². The Labute approximate surface area is 515 Å². The fraction of sp³-hybridized carbons (Fsp3) is 0.568. The van der Waals surface area contributed by atoms with Crippen LogP contribution in [-0.4, -0.2) is 64.7 Å². The minimum atomic E-state index is -0.861. The molecule has 12 heteroatoms. The van der Waals surface area contributed by atoms with E-state index in [2.05, 4.69) is 39.0 Å². The van der Waals surface area contributed by atoms with E-state index in [0.29, 0.717) is 12.8 Å². The summed E-state index contributed by atoms with van der Waals surface area (Å²) in [4.78, 5) is 71.2. The van der Waals surface area contributed by atoms with Crippen LogP contribution in [0.25, 0.3) is 38.8 Å². The second-order valence-electron chi connectivity index (χ2n) is 24.6. The van der Waals surface area contributed by atoms with E-state index < -0.39 is 23.3 Å². The Balaban J connectivity index is 0.000000277. The lowest BCUT2D eigenvalue weighted by Gasteiger charge is -2.22. The summed E-state index contributed by atoms with van der Waals surface area (Å²) < 4.78 is 5.39. The molecule has 472 valence electrons. The van der Waals surface area contributed by atoms with Gasteiger partial charge in [-0.1, -0.05) is 237 Å². The third kappa shape index (κ3) is 27.0. The minimum Gasteiger partial charge on any atom is -0.481 e. The van der Waals surface area contributed by atoms with Gasteiger partial charge in [0.2, 0.25) is 17.7 Å². The number of hydrogen-bond donors (Lipinski definition) is 3. The van der Waals surface area contributed by atoms with E-state index >= 15 is 0 Å². The van der Waals surface area contributed by atoms with Gasteiger partial charge in [-0.05, 0) is 99.3 Å². The Morgan fingerprint density at radius 1 is 0.384 bits per heavy atom. The number of carbonyl (C=O) groups is 6. The van der Waals surface area contributed by atoms with E-state index in [4.69, 9.17) is 15.3 Å². The first-order valence-electron chi connectivity index (χ1n) is 33.3. The normalized spacial score (nSPS) is 11.5. The molecule has 0 aliphatic rings. The number of para-hydroxylation sites is 3. The van der Waals surface area contributed by atoms with E-state index in [9.17, 15) is 28.8 Å². The van der Waals surface area contributed by atoms with Crippen molar-refractivity contribution in [3.8, 4) is 0 Å². The van der Waals surface area contributed by atoms with Gasteiger partial charge in [0.05, 0.1) is 23.0 Å². The molecule has 3 aromatic carbocycles. The first-order chi connectivity index (χ1) is 41.6. The van der Waals surface area contributed by atoms with Crippen LogP contribution >= 0.6 is 0 Å². The number of allylic oxidation sites excluding steroid dienone is 1. The van der Waals surface area contributed by atoms with Crippen molar-refractivity contribution in [2.24, 2.45) is 5.41 Å². The van der Waals surface area contributed by atoms with Gasteiger partial charge in [0.25, 0.3) is 0 Å². The molecule has 6 aromatic rings. The summed E-state index contributed by atoms with van der Waals surface area (Å²) in [6, 6.07) is 30.0. The maximum atomic E-state index is 13.2. The highest BCUT2D eigenvalue weighted by molar-refractivity contribution is 5.97. The number of rotatable bonds is 41. The van der Waals surface area contributed by atoms with Crippen molar-refractivity contribution in [3.05, 3.63) is 114 Å². The van der Waals surface area contributed by atoms with Gasteiger partial charge < -0.3 is 15.3 Å². The standard InChI is InChI=1S/C26H39NO3.C24H35NO3.C24H33NO3/c1-4-5-6-7-8-9-10-11-12-16-22-18-21-15-13-14-17-23(21)27(22)24(28)19-26(2,3)20-25(29)30;2*1-2-3-4-5-6-7-8-9-10-15-21-19-20-14-11-12-16-22(20)25(21)23(26)17-13-18-24(27)28/h13-15,17-18H,4-12,16,19-20H2,1-3H3,(H,29,30);11-12,14,16,19H,2-10,13,15,17-18H2,1H3,(H,27,28);10-12,14-16,19H,2-9,13,17-18H2,1H3,(H,27,28)/b;;15-10-. The molecule has 0 atom stereocenters. The third-order valence-electron chi connectivity index (χ3n) is 16.2. The number of aromatic nitrogens is 3. The van der Waals surface area contributed by atoms with Gasteiger partial charge in [0.15, 0.2) is 0 Å². The highest BCUT2D eigenvalue weighted by atomic mass is 16.4. The Morgan fingerprint density at radius 2 is 0.733 bits per heavy atom. The Bertz CT molecular complexity index is 2990. The summed E-state index contributed by atoms with van der Waals surface area (Å²) in [5.41, 5.74) is 5.18. The van der Waals surface area contributed by atoms with Crippen molar-refractivity contribution in [2.75, 3.05) is 0 Å². The zero-order valence-electron chi connectivity index (χ0n) is 53.4. The molecule has 0 aliphatic heterocycles. The molecular formula is C74H107N3O9. The highest BCUT2D eigenvalue weighted by Gasteiger charge is 2.28. The molecule has 3 heterocycles. The molecule has 12 nitrogen and oxygen atoms in total. The van der Waals surface area contributed by atoms with Crippen LogP contribution in [0.15, 0.2) is 97.1 Å². The van der Waals surface area contributed by atoms with Crippen LogP contribution in [0.3, 0.4) is 0 Å². The molecule has 0 fully saturated rings. The second-order valence-corrected chi connectivity index (χ2v) is 24.6. The molecule has 3 aromatic heterocycles. The van der Waals surface area contributed by atoms with E-state index in [1.165, 1.54) is 148 Å². The molecule has 0 saturated carbocycles. The molecule has 6 rings (SSSR count). The summed E-state index contributed by atoms with van der Waals surface area (Å²) in [6.07, 6.45) is 40.6. The van der Waals surface area contributed by atoms with Gasteiger partial charge in [-0.3, -0.25) is 42.5 Å². The maximum Gasteiger partial charge on any atom is 0.303 e. The molecule has 0 saturated heterocycles. The van der Waals surface area contributed by atoms with Crippen LogP contribution in [0.1, 0.15) is 284 Å². The number of carboxylic acid groups (broad SMARTS) is 3. The highest BCUT2D eigenvalue weighted by Crippen LogP contribution is 2.30. The number of unbranched alkanes of at least 4 members (excludes halogenated alkanes) is 23. The van der Waals surface area contributed by atoms with Crippen molar-refractivity contribution < 1.29 is 44.1 Å². The van der Waals surface area contributed by atoms with E-state index in [-0.39, 0.29) is 56.2 Å². The number of aryl methyl sites for hydroxylation is 2. The van der Waals surface area contributed by atoms with Crippen molar-refractivity contribution in [1.82, 2.24) is 13.7 Å². The fourth-order valence-corrected chi connectivity index (χ4v) is 11.6. The van der Waals surface area contributed by atoms with Crippen LogP contribution in [0.4, 0.5) is 0 Å². The zero-order valence-corrected chi connectivity index (χ0v) is 53.4. The van der Waals surface area contributed by atoms with Gasteiger partial charge in [-0.25, -0.2) is 0 Å². The molecule has 0 radical (unpaired) electrons. The Morgan fingerprint density at radius 3 is 1.14 bits per heavy atom. The van der Waals surface area contributed by atoms with Crippen molar-refractivity contribution in [2.45, 2.75) is 266 Å². The first kappa shape index (κ1) is 71.9. The minimum absolute atomic E-state index is 0.00614. The van der Waals surface area contributed by atoms with Crippen LogP contribution in [-0.2, 0) is 27.2 Å². The molecule has 86 heavy (non-hydrogen) atoms. The lowest BCUT2D eigenvalue weighted by atomic mass is 9.85. The zero-order chi connectivity index (χ0) is 62.4. The number of carboxylic acids is 3. The fourth-order valence-electron chi connectivity index (χ4n) is 11.6. The first-order valence-corrected chi connectivity index (χ1v) is 33.3. The lowest BCUT2D eigenvalue weighted by Crippen LogP contribution is -2.25. The molecule has 0 bridgehead atoms. The van der Waals surface area contributed by atoms with Crippen LogP contribution in [0.5, 0.6) is 0 Å². The average molecular weight is 1180 g/mol. The average Bonchev–Trinajstić information content (AvgIpc) is 1.81. The summed E-state index contributed by atoms with van der Waals surface area (Å²) in [7, 11) is 0. The third-order valence-corrected chi connectivity index (χ3v) is 16.2. The van der Waals surface area contributed by atoms with E-state index in [1.807, 2.05) is 108 Å². The number of nitrogens with zero attached hydrogens (tertiary/aromatic N) is 3. The summed E-state index contributed by atoms with van der Waals surface area (Å²) in [5.74, 6) is -2.61. The van der Waals surface area contributed by atoms with Gasteiger partial charge in [-0.15, -0.1) is 0 Å².